The van der Waals surface area contributed by atoms with E-state index in [4.69, 9.17) is 5.41 Å². The number of fused-ring (bicyclic) bond motifs is 1. The van der Waals surface area contributed by atoms with E-state index >= 15 is 0 Å². The molecule has 4 rings (SSSR count). The van der Waals surface area contributed by atoms with E-state index in [2.05, 4.69) is 26.0 Å². The van der Waals surface area contributed by atoms with Crippen LogP contribution in [0.1, 0.15) is 5.56 Å². The quantitative estimate of drug-likeness (QED) is 0.500. The Hall–Kier alpha value is -2.03. The first-order chi connectivity index (χ1) is 11.2. The van der Waals surface area contributed by atoms with Gasteiger partial charge in [0.1, 0.15) is 0 Å². The van der Waals surface area contributed by atoms with Crippen LogP contribution in [0.15, 0.2) is 45.0 Å². The third-order valence-corrected chi connectivity index (χ3v) is 6.03. The molecule has 0 atom stereocenters. The molecule has 2 N–H and O–H groups in total. The van der Waals surface area contributed by atoms with Crippen molar-refractivity contribution in [1.82, 2.24) is 14.8 Å². The number of hydrogen-bond donors (Lipinski definition) is 2. The highest BCUT2D eigenvalue weighted by Crippen LogP contribution is 2.32. The third kappa shape index (κ3) is 2.39. The van der Waals surface area contributed by atoms with Crippen molar-refractivity contribution in [2.24, 2.45) is 0 Å². The third-order valence-electron chi connectivity index (χ3n) is 3.36. The molecule has 0 bridgehead atoms. The molecule has 0 saturated carbocycles. The SMILES string of the molecule is N=Cc1c(-c2ccc(Br)s2)[nH]n(-c2nc3ccccc3s2)c1=O. The fraction of sp³-hybridized carbons (Fsp3) is 0. The van der Waals surface area contributed by atoms with E-state index in [1.165, 1.54) is 27.4 Å². The normalized spacial score (nSPS) is 11.2. The van der Waals surface area contributed by atoms with Gasteiger partial charge in [-0.15, -0.1) is 11.3 Å². The highest BCUT2D eigenvalue weighted by atomic mass is 79.9. The van der Waals surface area contributed by atoms with Crippen molar-refractivity contribution in [2.45, 2.75) is 0 Å². The highest BCUT2D eigenvalue weighted by molar-refractivity contribution is 9.11. The van der Waals surface area contributed by atoms with Gasteiger partial charge in [-0.2, -0.15) is 4.68 Å². The number of nitrogens with zero attached hydrogens (tertiary/aromatic N) is 2. The highest BCUT2D eigenvalue weighted by Gasteiger charge is 2.18. The molecule has 0 aliphatic heterocycles. The van der Waals surface area contributed by atoms with Crippen molar-refractivity contribution in [3.05, 3.63) is 56.1 Å². The summed E-state index contributed by atoms with van der Waals surface area (Å²) in [7, 11) is 0. The van der Waals surface area contributed by atoms with Gasteiger partial charge in [0.15, 0.2) is 0 Å². The maximum Gasteiger partial charge on any atom is 0.282 e. The van der Waals surface area contributed by atoms with Crippen LogP contribution in [0.25, 0.3) is 25.9 Å². The number of para-hydroxylation sites is 1. The Bertz CT molecular complexity index is 1060. The van der Waals surface area contributed by atoms with E-state index in [-0.39, 0.29) is 5.56 Å². The van der Waals surface area contributed by atoms with Crippen molar-refractivity contribution in [1.29, 1.82) is 5.41 Å². The number of halogens is 1. The lowest BCUT2D eigenvalue weighted by molar-refractivity contribution is 0.846. The van der Waals surface area contributed by atoms with Crippen molar-refractivity contribution >= 4 is 55.0 Å². The average molecular weight is 405 g/mol. The summed E-state index contributed by atoms with van der Waals surface area (Å²) in [6.07, 6.45) is 1.09. The molecule has 3 aromatic heterocycles. The minimum Gasteiger partial charge on any atom is -0.308 e. The second kappa shape index (κ2) is 5.55. The molecule has 114 valence electrons. The number of rotatable bonds is 3. The molecule has 0 spiro atoms. The number of H-pyrrole nitrogens is 1. The second-order valence-electron chi connectivity index (χ2n) is 4.75. The van der Waals surface area contributed by atoms with Crippen molar-refractivity contribution in [2.75, 3.05) is 0 Å². The predicted molar refractivity (Wildman–Crippen MR) is 98.5 cm³/mol. The second-order valence-corrected chi connectivity index (χ2v) is 8.23. The lowest BCUT2D eigenvalue weighted by Gasteiger charge is -1.95. The molecular weight excluding hydrogens is 396 g/mol. The lowest BCUT2D eigenvalue weighted by Crippen LogP contribution is -2.16. The van der Waals surface area contributed by atoms with Gasteiger partial charge >= 0.3 is 0 Å². The number of benzene rings is 1. The minimum atomic E-state index is -0.265. The van der Waals surface area contributed by atoms with Crippen LogP contribution in [-0.2, 0) is 0 Å². The first-order valence-corrected chi connectivity index (χ1v) is 9.07. The van der Waals surface area contributed by atoms with E-state index in [0.29, 0.717) is 16.4 Å². The zero-order chi connectivity index (χ0) is 16.0. The van der Waals surface area contributed by atoms with E-state index in [0.717, 1.165) is 25.1 Å². The summed E-state index contributed by atoms with van der Waals surface area (Å²) >= 11 is 6.36. The number of thiophene rings is 1. The van der Waals surface area contributed by atoms with Gasteiger partial charge in [0.25, 0.3) is 5.56 Å². The van der Waals surface area contributed by atoms with Crippen LogP contribution in [0, 0.1) is 5.41 Å². The van der Waals surface area contributed by atoms with Gasteiger partial charge in [0, 0.05) is 6.21 Å². The summed E-state index contributed by atoms with van der Waals surface area (Å²) in [5, 5.41) is 11.3. The molecule has 4 aromatic rings. The largest absolute Gasteiger partial charge is 0.308 e. The molecule has 8 heteroatoms. The number of thiazole rings is 1. The van der Waals surface area contributed by atoms with Crippen LogP contribution < -0.4 is 5.56 Å². The number of aromatic amines is 1. The summed E-state index contributed by atoms with van der Waals surface area (Å²) in [4.78, 5) is 18.0. The fourth-order valence-corrected chi connectivity index (χ4v) is 4.63. The molecule has 0 radical (unpaired) electrons. The zero-order valence-electron chi connectivity index (χ0n) is 11.5. The van der Waals surface area contributed by atoms with Gasteiger partial charge in [-0.25, -0.2) is 4.98 Å². The summed E-state index contributed by atoms with van der Waals surface area (Å²) in [6.45, 7) is 0. The van der Waals surface area contributed by atoms with Crippen LogP contribution in [0.2, 0.25) is 0 Å². The Kier molecular flexibility index (Phi) is 3.51. The van der Waals surface area contributed by atoms with Crippen LogP contribution >= 0.6 is 38.6 Å². The summed E-state index contributed by atoms with van der Waals surface area (Å²) in [6, 6.07) is 11.6. The number of aromatic nitrogens is 3. The molecule has 3 heterocycles. The summed E-state index contributed by atoms with van der Waals surface area (Å²) in [5.41, 5.74) is 1.56. The van der Waals surface area contributed by atoms with Gasteiger partial charge in [0.2, 0.25) is 5.13 Å². The van der Waals surface area contributed by atoms with Gasteiger partial charge in [-0.3, -0.25) is 9.89 Å². The lowest BCUT2D eigenvalue weighted by atomic mass is 10.2. The maximum atomic E-state index is 12.6. The van der Waals surface area contributed by atoms with Crippen LogP contribution in [-0.4, -0.2) is 21.0 Å². The molecule has 0 unspecified atom stereocenters. The van der Waals surface area contributed by atoms with E-state index in [1.54, 1.807) is 0 Å². The molecule has 0 amide bonds. The minimum absolute atomic E-state index is 0.265. The maximum absolute atomic E-state index is 12.6. The van der Waals surface area contributed by atoms with Gasteiger partial charge in [0.05, 0.1) is 30.1 Å². The van der Waals surface area contributed by atoms with E-state index in [9.17, 15) is 4.79 Å². The Balaban J connectivity index is 1.94. The standard InChI is InChI=1S/C15H9BrN4OS2/c16-12-6-5-11(22-12)13-8(7-17)14(21)20(19-13)15-18-9-3-1-2-4-10(9)23-15/h1-7,17,19H. The first-order valence-electron chi connectivity index (χ1n) is 6.64. The first kappa shape index (κ1) is 14.6. The molecule has 0 saturated heterocycles. The topological polar surface area (TPSA) is 74.5 Å². The fourth-order valence-electron chi connectivity index (χ4n) is 2.31. The van der Waals surface area contributed by atoms with Gasteiger partial charge in [-0.05, 0) is 40.2 Å². The van der Waals surface area contributed by atoms with Crippen LogP contribution in [0.4, 0.5) is 0 Å². The average Bonchev–Trinajstić information content (AvgIpc) is 3.23. The molecule has 23 heavy (non-hydrogen) atoms. The molecule has 0 fully saturated rings. The Labute approximate surface area is 146 Å². The molecule has 0 aliphatic rings. The van der Waals surface area contributed by atoms with Gasteiger partial charge < -0.3 is 5.41 Å². The predicted octanol–water partition coefficient (Wildman–Crippen LogP) is 4.26. The van der Waals surface area contributed by atoms with E-state index in [1.807, 2.05) is 36.4 Å². The molecule has 1 aromatic carbocycles. The zero-order valence-corrected chi connectivity index (χ0v) is 14.8. The van der Waals surface area contributed by atoms with Gasteiger partial charge in [-0.1, -0.05) is 23.5 Å². The molecular formula is C15H9BrN4OS2. The van der Waals surface area contributed by atoms with Crippen LogP contribution in [0.3, 0.4) is 0 Å². The smallest absolute Gasteiger partial charge is 0.282 e. The van der Waals surface area contributed by atoms with Crippen molar-refractivity contribution in [3.63, 3.8) is 0 Å². The Morgan fingerprint density at radius 1 is 1.22 bits per heavy atom. The van der Waals surface area contributed by atoms with E-state index < -0.39 is 0 Å². The van der Waals surface area contributed by atoms with Crippen molar-refractivity contribution in [3.8, 4) is 15.7 Å². The Morgan fingerprint density at radius 3 is 2.74 bits per heavy atom. The Morgan fingerprint density at radius 2 is 2.04 bits per heavy atom. The summed E-state index contributed by atoms with van der Waals surface area (Å²) < 4.78 is 3.39. The summed E-state index contributed by atoms with van der Waals surface area (Å²) in [5.74, 6) is 0. The number of hydrogen-bond acceptors (Lipinski definition) is 5. The molecule has 0 aliphatic carbocycles. The molecule has 5 nitrogen and oxygen atoms in total. The monoisotopic (exact) mass is 404 g/mol. The van der Waals surface area contributed by atoms with Crippen LogP contribution in [0.5, 0.6) is 0 Å². The van der Waals surface area contributed by atoms with Crippen molar-refractivity contribution < 1.29 is 0 Å². The number of nitrogens with one attached hydrogen (secondary N) is 2.